The molecule has 56 heavy (non-hydrogen) atoms. The van der Waals surface area contributed by atoms with E-state index in [1.165, 1.54) is 0 Å². The van der Waals surface area contributed by atoms with E-state index in [0.29, 0.717) is 17.5 Å². The molecule has 0 amide bonds. The van der Waals surface area contributed by atoms with E-state index in [2.05, 4.69) is 127 Å². The van der Waals surface area contributed by atoms with Crippen molar-refractivity contribution >= 4 is 54.3 Å². The van der Waals surface area contributed by atoms with Crippen molar-refractivity contribution < 1.29 is 4.42 Å². The molecule has 0 fully saturated rings. The molecule has 0 aliphatic carbocycles. The van der Waals surface area contributed by atoms with Crippen LogP contribution in [0.25, 0.3) is 110 Å². The smallest absolute Gasteiger partial charge is 0.164 e. The number of furan rings is 1. The van der Waals surface area contributed by atoms with Crippen LogP contribution in [0.3, 0.4) is 0 Å². The van der Waals surface area contributed by atoms with E-state index in [0.717, 1.165) is 92.4 Å². The zero-order valence-electron chi connectivity index (χ0n) is 29.9. The van der Waals surface area contributed by atoms with Crippen molar-refractivity contribution in [2.75, 3.05) is 0 Å². The highest BCUT2D eigenvalue weighted by Gasteiger charge is 2.18. The van der Waals surface area contributed by atoms with Crippen LogP contribution < -0.4 is 0 Å². The molecule has 11 rings (SSSR count). The quantitative estimate of drug-likeness (QED) is 0.170. The van der Waals surface area contributed by atoms with Gasteiger partial charge in [-0.25, -0.2) is 19.9 Å². The summed E-state index contributed by atoms with van der Waals surface area (Å²) in [6, 6.07) is 62.9. The van der Waals surface area contributed by atoms with Gasteiger partial charge in [-0.1, -0.05) is 152 Å². The summed E-state index contributed by atoms with van der Waals surface area (Å²) < 4.78 is 7.61. The maximum Gasteiger partial charge on any atom is 0.164 e. The molecule has 0 radical (unpaired) electrons. The molecule has 0 spiro atoms. The lowest BCUT2D eigenvalue weighted by Crippen LogP contribution is -2.01. The molecule has 0 saturated carbocycles. The Morgan fingerprint density at radius 2 is 0.982 bits per heavy atom. The summed E-state index contributed by atoms with van der Waals surface area (Å²) in [4.78, 5) is 20.2. The van der Waals surface area contributed by atoms with Gasteiger partial charge in [-0.3, -0.25) is 0 Å². The van der Waals surface area contributed by atoms with Crippen molar-refractivity contribution in [2.24, 2.45) is 0 Å². The van der Waals surface area contributed by atoms with Crippen molar-refractivity contribution in [1.82, 2.24) is 19.9 Å². The van der Waals surface area contributed by atoms with Crippen molar-refractivity contribution in [3.63, 3.8) is 0 Å². The van der Waals surface area contributed by atoms with E-state index < -0.39 is 0 Å². The fourth-order valence-corrected chi connectivity index (χ4v) is 8.63. The van der Waals surface area contributed by atoms with Gasteiger partial charge in [-0.15, -0.1) is 11.3 Å². The van der Waals surface area contributed by atoms with Crippen molar-refractivity contribution in [1.29, 1.82) is 0 Å². The van der Waals surface area contributed by atoms with Crippen molar-refractivity contribution in [2.45, 2.75) is 0 Å². The van der Waals surface area contributed by atoms with Crippen LogP contribution in [0, 0.1) is 0 Å². The first-order valence-corrected chi connectivity index (χ1v) is 19.4. The van der Waals surface area contributed by atoms with Crippen LogP contribution in [0.4, 0.5) is 0 Å². The molecule has 3 aromatic heterocycles. The van der Waals surface area contributed by atoms with E-state index in [-0.39, 0.29) is 0 Å². The lowest BCUT2D eigenvalue weighted by atomic mass is 9.96. The molecule has 6 heteroatoms. The molecule has 0 saturated heterocycles. The van der Waals surface area contributed by atoms with Gasteiger partial charge in [0.05, 0.1) is 10.2 Å². The molecule has 0 aliphatic heterocycles. The molecular weight excluding hydrogens is 705 g/mol. The topological polar surface area (TPSA) is 64.7 Å². The lowest BCUT2D eigenvalue weighted by Gasteiger charge is -2.12. The van der Waals surface area contributed by atoms with E-state index in [1.807, 2.05) is 54.6 Å². The first kappa shape index (κ1) is 32.2. The predicted octanol–water partition coefficient (Wildman–Crippen LogP) is 13.5. The Morgan fingerprint density at radius 1 is 0.375 bits per heavy atom. The normalized spacial score (nSPS) is 11.6. The van der Waals surface area contributed by atoms with Gasteiger partial charge in [-0.05, 0) is 57.3 Å². The number of rotatable bonds is 6. The highest BCUT2D eigenvalue weighted by atomic mass is 32.1. The molecule has 5 nitrogen and oxygen atoms in total. The van der Waals surface area contributed by atoms with Crippen molar-refractivity contribution in [3.8, 4) is 67.0 Å². The Labute approximate surface area is 326 Å². The second-order valence-corrected chi connectivity index (χ2v) is 14.9. The maximum atomic E-state index is 6.48. The first-order valence-electron chi connectivity index (χ1n) is 18.5. The number of aromatic nitrogens is 4. The number of fused-ring (bicyclic) bond motifs is 5. The second-order valence-electron chi connectivity index (χ2n) is 13.8. The number of hydrogen-bond donors (Lipinski definition) is 0. The second kappa shape index (κ2) is 13.2. The molecule has 11 aromatic rings. The van der Waals surface area contributed by atoms with Crippen LogP contribution >= 0.6 is 11.3 Å². The number of hydrogen-bond acceptors (Lipinski definition) is 6. The third-order valence-electron chi connectivity index (χ3n) is 10.4. The molecule has 0 unspecified atom stereocenters. The van der Waals surface area contributed by atoms with E-state index in [4.69, 9.17) is 24.4 Å². The van der Waals surface area contributed by atoms with Gasteiger partial charge in [0, 0.05) is 39.1 Å². The van der Waals surface area contributed by atoms with Crippen LogP contribution in [0.2, 0.25) is 0 Å². The zero-order valence-corrected chi connectivity index (χ0v) is 30.7. The Morgan fingerprint density at radius 3 is 1.75 bits per heavy atom. The first-order chi connectivity index (χ1) is 27.7. The number of thiazole rings is 1. The Kier molecular flexibility index (Phi) is 7.60. The third-order valence-corrected chi connectivity index (χ3v) is 11.4. The van der Waals surface area contributed by atoms with Crippen LogP contribution in [0.5, 0.6) is 0 Å². The largest absolute Gasteiger partial charge is 0.456 e. The third kappa shape index (κ3) is 5.63. The van der Waals surface area contributed by atoms with Gasteiger partial charge in [0.15, 0.2) is 17.5 Å². The van der Waals surface area contributed by atoms with Gasteiger partial charge in [0.1, 0.15) is 16.2 Å². The highest BCUT2D eigenvalue weighted by Crippen LogP contribution is 2.41. The monoisotopic (exact) mass is 734 g/mol. The van der Waals surface area contributed by atoms with Gasteiger partial charge >= 0.3 is 0 Å². The summed E-state index contributed by atoms with van der Waals surface area (Å²) in [5.74, 6) is 1.88. The van der Waals surface area contributed by atoms with Gasteiger partial charge in [0.25, 0.3) is 0 Å². The summed E-state index contributed by atoms with van der Waals surface area (Å²) in [6.45, 7) is 0. The summed E-state index contributed by atoms with van der Waals surface area (Å²) in [5, 5.41) is 5.41. The Balaban J connectivity index is 1.04. The molecular formula is C50H30N4OS. The van der Waals surface area contributed by atoms with Gasteiger partial charge in [-0.2, -0.15) is 0 Å². The van der Waals surface area contributed by atoms with Gasteiger partial charge < -0.3 is 4.42 Å². The highest BCUT2D eigenvalue weighted by molar-refractivity contribution is 7.21. The summed E-state index contributed by atoms with van der Waals surface area (Å²) in [7, 11) is 0. The Hall–Kier alpha value is -7.28. The van der Waals surface area contributed by atoms with Crippen molar-refractivity contribution in [3.05, 3.63) is 182 Å². The summed E-state index contributed by atoms with van der Waals surface area (Å²) in [5.41, 5.74) is 11.0. The van der Waals surface area contributed by atoms with E-state index >= 15 is 0 Å². The summed E-state index contributed by atoms with van der Waals surface area (Å²) >= 11 is 1.71. The molecule has 3 heterocycles. The molecule has 0 N–H and O–H groups in total. The summed E-state index contributed by atoms with van der Waals surface area (Å²) in [6.07, 6.45) is 0. The van der Waals surface area contributed by atoms with Crippen LogP contribution in [0.1, 0.15) is 0 Å². The fraction of sp³-hybridized carbons (Fsp3) is 0. The van der Waals surface area contributed by atoms with E-state index in [9.17, 15) is 0 Å². The van der Waals surface area contributed by atoms with Gasteiger partial charge in [0.2, 0.25) is 0 Å². The minimum absolute atomic E-state index is 0.621. The zero-order chi connectivity index (χ0) is 37.0. The van der Waals surface area contributed by atoms with Crippen LogP contribution in [-0.2, 0) is 0 Å². The minimum atomic E-state index is 0.621. The molecule has 0 bridgehead atoms. The lowest BCUT2D eigenvalue weighted by molar-refractivity contribution is 0.669. The molecule has 262 valence electrons. The van der Waals surface area contributed by atoms with Crippen LogP contribution in [-0.4, -0.2) is 19.9 Å². The number of benzene rings is 8. The standard InChI is InChI=1S/C50H30N4OS/c1-4-13-32(14-5-1)38-19-10-11-20-40(38)49-53-47(33-15-6-2-7-16-33)52-48(54-49)36-26-24-31-23-25-35(27-37(31)28-36)39-21-12-22-43-46(39)41-29-45-42(30-44(41)55-43)51-50(56-45)34-17-8-3-9-18-34/h1-30H. The molecule has 8 aromatic carbocycles. The fourth-order valence-electron chi connectivity index (χ4n) is 7.63. The average Bonchev–Trinajstić information content (AvgIpc) is 3.86. The van der Waals surface area contributed by atoms with Crippen LogP contribution in [0.15, 0.2) is 186 Å². The Bertz CT molecular complexity index is 3250. The van der Waals surface area contributed by atoms with E-state index in [1.54, 1.807) is 11.3 Å². The predicted molar refractivity (Wildman–Crippen MR) is 230 cm³/mol. The average molecular weight is 735 g/mol. The molecule has 0 atom stereocenters. The molecule has 0 aliphatic rings. The number of nitrogens with zero attached hydrogens (tertiary/aromatic N) is 4. The maximum absolute atomic E-state index is 6.48. The minimum Gasteiger partial charge on any atom is -0.456 e. The SMILES string of the molecule is c1ccc(-c2nc(-c3ccc4ccc(-c5cccc6oc7cc8nc(-c9ccccc9)sc8cc7c56)cc4c3)nc(-c3ccccc3-c3ccccc3)n2)cc1.